The summed E-state index contributed by atoms with van der Waals surface area (Å²) in [7, 11) is 1.66. The summed E-state index contributed by atoms with van der Waals surface area (Å²) in [5.74, 6) is 0.555. The maximum Gasteiger partial charge on any atom is 0.315 e. The molecule has 0 saturated carbocycles. The van der Waals surface area contributed by atoms with Gasteiger partial charge in [0.1, 0.15) is 0 Å². The minimum Gasteiger partial charge on any atom is -0.407 e. The second kappa shape index (κ2) is 7.17. The molecule has 8 heteroatoms. The van der Waals surface area contributed by atoms with Crippen molar-refractivity contribution >= 4 is 17.4 Å². The maximum atomic E-state index is 5.45. The van der Waals surface area contributed by atoms with Crippen molar-refractivity contribution < 1.29 is 9.15 Å². The van der Waals surface area contributed by atoms with E-state index in [-0.39, 0.29) is 0 Å². The molecule has 0 saturated heterocycles. The molecule has 0 bridgehead atoms. The molecule has 0 aliphatic heterocycles. The van der Waals surface area contributed by atoms with Crippen molar-refractivity contribution in [1.29, 1.82) is 0 Å². The molecule has 0 fully saturated rings. The molecule has 7 nitrogen and oxygen atoms in total. The average Bonchev–Trinajstić information content (AvgIpc) is 3.01. The molecule has 0 unspecified atom stereocenters. The van der Waals surface area contributed by atoms with Gasteiger partial charge in [0.2, 0.25) is 5.89 Å². The van der Waals surface area contributed by atoms with Crippen molar-refractivity contribution in [1.82, 2.24) is 20.5 Å². The molecule has 2 heterocycles. The van der Waals surface area contributed by atoms with E-state index in [1.165, 1.54) is 0 Å². The van der Waals surface area contributed by atoms with Crippen molar-refractivity contribution in [3.63, 3.8) is 0 Å². The lowest BCUT2D eigenvalue weighted by molar-refractivity contribution is 0.198. The number of hydrogen-bond donors (Lipinski definition) is 2. The van der Waals surface area contributed by atoms with Gasteiger partial charge in [-0.3, -0.25) is 0 Å². The van der Waals surface area contributed by atoms with Gasteiger partial charge in [-0.15, -0.1) is 16.4 Å². The van der Waals surface area contributed by atoms with E-state index < -0.39 is 0 Å². The zero-order chi connectivity index (χ0) is 13.5. The Morgan fingerprint density at radius 2 is 2.26 bits per heavy atom. The van der Waals surface area contributed by atoms with Crippen LogP contribution in [0.3, 0.4) is 0 Å². The highest BCUT2D eigenvalue weighted by Gasteiger charge is 2.07. The van der Waals surface area contributed by atoms with Crippen LogP contribution in [0.5, 0.6) is 0 Å². The average molecular weight is 283 g/mol. The van der Waals surface area contributed by atoms with Gasteiger partial charge in [0.25, 0.3) is 0 Å². The molecule has 2 rings (SSSR count). The highest BCUT2D eigenvalue weighted by Crippen LogP contribution is 2.14. The van der Waals surface area contributed by atoms with E-state index in [9.17, 15) is 0 Å². The molecule has 0 amide bonds. The Balaban J connectivity index is 1.76. The number of hydrogen-bond acceptors (Lipinski definition) is 8. The van der Waals surface area contributed by atoms with Gasteiger partial charge in [0.05, 0.1) is 30.9 Å². The summed E-state index contributed by atoms with van der Waals surface area (Å²) in [6.07, 6.45) is 0. The van der Waals surface area contributed by atoms with Crippen LogP contribution in [0.4, 0.5) is 6.01 Å². The Kier molecular flexibility index (Phi) is 5.25. The molecule has 0 aromatic carbocycles. The summed E-state index contributed by atoms with van der Waals surface area (Å²) in [5, 5.41) is 14.1. The van der Waals surface area contributed by atoms with Gasteiger partial charge in [-0.1, -0.05) is 5.10 Å². The molecule has 104 valence electrons. The van der Waals surface area contributed by atoms with Crippen molar-refractivity contribution in [3.8, 4) is 0 Å². The lowest BCUT2D eigenvalue weighted by Gasteiger charge is -2.00. The van der Waals surface area contributed by atoms with Crippen LogP contribution in [-0.2, 0) is 17.8 Å². The van der Waals surface area contributed by atoms with Crippen molar-refractivity contribution in [2.75, 3.05) is 25.6 Å². The van der Waals surface area contributed by atoms with E-state index in [0.29, 0.717) is 31.6 Å². The fourth-order valence-corrected chi connectivity index (χ4v) is 2.13. The van der Waals surface area contributed by atoms with E-state index >= 15 is 0 Å². The van der Waals surface area contributed by atoms with Gasteiger partial charge in [-0.2, -0.15) is 0 Å². The van der Waals surface area contributed by atoms with Crippen LogP contribution in [0.15, 0.2) is 9.93 Å². The van der Waals surface area contributed by atoms with E-state index in [1.807, 2.05) is 12.4 Å². The van der Waals surface area contributed by atoms with Crippen LogP contribution in [-0.4, -0.2) is 35.4 Å². The number of methoxy groups -OCH3 is 1. The summed E-state index contributed by atoms with van der Waals surface area (Å²) in [4.78, 5) is 5.35. The summed E-state index contributed by atoms with van der Waals surface area (Å²) < 4.78 is 10.4. The SMILES string of the molecule is COCCNCc1nnc(NCc2scnc2C)o1. The highest BCUT2D eigenvalue weighted by molar-refractivity contribution is 7.09. The Morgan fingerprint density at radius 3 is 3.00 bits per heavy atom. The van der Waals surface area contributed by atoms with E-state index in [4.69, 9.17) is 9.15 Å². The summed E-state index contributed by atoms with van der Waals surface area (Å²) in [5.41, 5.74) is 2.85. The summed E-state index contributed by atoms with van der Waals surface area (Å²) >= 11 is 1.61. The number of nitrogens with one attached hydrogen (secondary N) is 2. The number of ether oxygens (including phenoxy) is 1. The van der Waals surface area contributed by atoms with Crippen LogP contribution < -0.4 is 10.6 Å². The predicted molar refractivity (Wildman–Crippen MR) is 72.1 cm³/mol. The van der Waals surface area contributed by atoms with Crippen LogP contribution in [0.25, 0.3) is 0 Å². The lowest BCUT2D eigenvalue weighted by atomic mass is 10.4. The molecule has 0 atom stereocenters. The van der Waals surface area contributed by atoms with E-state index in [0.717, 1.165) is 17.1 Å². The van der Waals surface area contributed by atoms with E-state index in [1.54, 1.807) is 18.4 Å². The number of anilines is 1. The first-order chi connectivity index (χ1) is 9.29. The normalized spacial score (nSPS) is 10.8. The first kappa shape index (κ1) is 13.9. The topological polar surface area (TPSA) is 85.1 Å². The smallest absolute Gasteiger partial charge is 0.315 e. The maximum absolute atomic E-state index is 5.45. The molecular formula is C11H17N5O2S. The molecule has 0 aliphatic rings. The minimum atomic E-state index is 0.427. The Bertz CT molecular complexity index is 499. The monoisotopic (exact) mass is 283 g/mol. The van der Waals surface area contributed by atoms with Gasteiger partial charge in [-0.05, 0) is 6.92 Å². The molecule has 0 spiro atoms. The zero-order valence-corrected chi connectivity index (χ0v) is 11.8. The quantitative estimate of drug-likeness (QED) is 0.704. The summed E-state index contributed by atoms with van der Waals surface area (Å²) in [6, 6.07) is 0.427. The highest BCUT2D eigenvalue weighted by atomic mass is 32.1. The number of aromatic nitrogens is 3. The Labute approximate surface area is 115 Å². The molecule has 0 radical (unpaired) electrons. The lowest BCUT2D eigenvalue weighted by Crippen LogP contribution is -2.18. The fraction of sp³-hybridized carbons (Fsp3) is 0.545. The van der Waals surface area contributed by atoms with Gasteiger partial charge in [0, 0.05) is 18.5 Å². The zero-order valence-electron chi connectivity index (χ0n) is 11.0. The molecule has 0 aliphatic carbocycles. The largest absolute Gasteiger partial charge is 0.407 e. The number of thiazole rings is 1. The first-order valence-corrected chi connectivity index (χ1v) is 6.82. The minimum absolute atomic E-state index is 0.427. The standard InChI is InChI=1S/C11H17N5O2S/c1-8-9(19-7-14-8)5-13-11-16-15-10(18-11)6-12-3-4-17-2/h7,12H,3-6H2,1-2H3,(H,13,16). The molecular weight excluding hydrogens is 266 g/mol. The van der Waals surface area contributed by atoms with Gasteiger partial charge in [-0.25, -0.2) is 4.98 Å². The third kappa shape index (κ3) is 4.27. The van der Waals surface area contributed by atoms with Crippen LogP contribution >= 0.6 is 11.3 Å². The third-order valence-corrected chi connectivity index (χ3v) is 3.41. The second-order valence-electron chi connectivity index (χ2n) is 3.89. The van der Waals surface area contributed by atoms with Gasteiger partial charge < -0.3 is 19.8 Å². The van der Waals surface area contributed by atoms with Crippen molar-refractivity contribution in [3.05, 3.63) is 22.0 Å². The second-order valence-corrected chi connectivity index (χ2v) is 4.82. The number of nitrogens with zero attached hydrogens (tertiary/aromatic N) is 3. The van der Waals surface area contributed by atoms with E-state index in [2.05, 4.69) is 25.8 Å². The van der Waals surface area contributed by atoms with Crippen molar-refractivity contribution in [2.24, 2.45) is 0 Å². The molecule has 2 aromatic rings. The Hall–Kier alpha value is -1.51. The Morgan fingerprint density at radius 1 is 1.37 bits per heavy atom. The van der Waals surface area contributed by atoms with Crippen LogP contribution in [0.2, 0.25) is 0 Å². The van der Waals surface area contributed by atoms with Crippen LogP contribution in [0.1, 0.15) is 16.5 Å². The van der Waals surface area contributed by atoms with Crippen LogP contribution in [0, 0.1) is 6.92 Å². The predicted octanol–water partition coefficient (Wildman–Crippen LogP) is 1.18. The molecule has 19 heavy (non-hydrogen) atoms. The summed E-state index contributed by atoms with van der Waals surface area (Å²) in [6.45, 7) is 4.57. The van der Waals surface area contributed by atoms with Crippen molar-refractivity contribution in [2.45, 2.75) is 20.0 Å². The van der Waals surface area contributed by atoms with Gasteiger partial charge in [0.15, 0.2) is 0 Å². The van der Waals surface area contributed by atoms with Gasteiger partial charge >= 0.3 is 6.01 Å². The number of rotatable bonds is 8. The fourth-order valence-electron chi connectivity index (χ4n) is 1.42. The molecule has 2 N–H and O–H groups in total. The third-order valence-electron chi connectivity index (χ3n) is 2.47. The first-order valence-electron chi connectivity index (χ1n) is 5.94. The number of aryl methyl sites for hydroxylation is 1. The molecule has 2 aromatic heterocycles.